The van der Waals surface area contributed by atoms with Gasteiger partial charge < -0.3 is 15.5 Å². The van der Waals surface area contributed by atoms with Gasteiger partial charge in [0.1, 0.15) is 0 Å². The van der Waals surface area contributed by atoms with Gasteiger partial charge in [0.25, 0.3) is 0 Å². The number of hydrogen-bond acceptors (Lipinski definition) is 4. The monoisotopic (exact) mass is 513 g/mol. The van der Waals surface area contributed by atoms with Gasteiger partial charge in [-0.1, -0.05) is 18.2 Å². The van der Waals surface area contributed by atoms with Gasteiger partial charge in [-0.15, -0.1) is 35.3 Å². The number of nitrogens with one attached hydrogen (secondary N) is 2. The van der Waals surface area contributed by atoms with Crippen LogP contribution >= 0.6 is 35.3 Å². The highest BCUT2D eigenvalue weighted by Crippen LogP contribution is 2.27. The first-order chi connectivity index (χ1) is 13.2. The Hall–Kier alpha value is -1.32. The Bertz CT molecular complexity index is 709. The van der Waals surface area contributed by atoms with E-state index < -0.39 is 0 Å². The van der Waals surface area contributed by atoms with Gasteiger partial charge in [0.05, 0.1) is 6.04 Å². The fourth-order valence-corrected chi connectivity index (χ4v) is 4.32. The lowest BCUT2D eigenvalue weighted by Crippen LogP contribution is -2.42. The smallest absolute Gasteiger partial charge is 0.191 e. The molecule has 3 rings (SSSR count). The molecule has 2 N–H and O–H groups in total. The van der Waals surface area contributed by atoms with Gasteiger partial charge in [-0.05, 0) is 55.1 Å². The first-order valence-corrected chi connectivity index (χ1v) is 10.5. The highest BCUT2D eigenvalue weighted by atomic mass is 127. The van der Waals surface area contributed by atoms with E-state index in [4.69, 9.17) is 0 Å². The molecule has 7 heteroatoms. The zero-order valence-corrected chi connectivity index (χ0v) is 20.2. The van der Waals surface area contributed by atoms with E-state index in [1.807, 2.05) is 18.4 Å². The third-order valence-corrected chi connectivity index (χ3v) is 6.03. The summed E-state index contributed by atoms with van der Waals surface area (Å²) in [5.74, 6) is 0.854. The normalized spacial score (nSPS) is 15.8. The van der Waals surface area contributed by atoms with Gasteiger partial charge in [-0.3, -0.25) is 9.89 Å². The topological polar surface area (TPSA) is 42.9 Å². The van der Waals surface area contributed by atoms with Crippen LogP contribution in [0, 0.1) is 0 Å². The van der Waals surface area contributed by atoms with Gasteiger partial charge in [0.15, 0.2) is 5.96 Å². The fraction of sp³-hybridized carbons (Fsp3) is 0.476. The first kappa shape index (κ1) is 23.0. The van der Waals surface area contributed by atoms with Gasteiger partial charge >= 0.3 is 0 Å². The van der Waals surface area contributed by atoms with Crippen molar-refractivity contribution >= 4 is 47.0 Å². The number of thiophene rings is 1. The minimum atomic E-state index is 0. The summed E-state index contributed by atoms with van der Waals surface area (Å²) in [7, 11) is 5.95. The van der Waals surface area contributed by atoms with Crippen LogP contribution in [0.3, 0.4) is 0 Å². The van der Waals surface area contributed by atoms with Crippen LogP contribution in [0.5, 0.6) is 0 Å². The predicted molar refractivity (Wildman–Crippen MR) is 132 cm³/mol. The summed E-state index contributed by atoms with van der Waals surface area (Å²) in [5, 5.41) is 9.14. The molecule has 0 radical (unpaired) electrons. The van der Waals surface area contributed by atoms with Crippen LogP contribution in [0.25, 0.3) is 0 Å². The van der Waals surface area contributed by atoms with E-state index in [0.29, 0.717) is 6.04 Å². The SMILES string of the molecule is CN=C(NCc1ccc(N(C)C)cc1)NCC(c1cccs1)N1CCCC1.I. The maximum atomic E-state index is 4.40. The Labute approximate surface area is 190 Å². The molecule has 28 heavy (non-hydrogen) atoms. The van der Waals surface area contributed by atoms with E-state index in [1.165, 1.54) is 42.1 Å². The van der Waals surface area contributed by atoms with E-state index in [1.54, 1.807) is 0 Å². The molecule has 1 saturated heterocycles. The number of anilines is 1. The molecule has 1 fully saturated rings. The molecular formula is C21H32IN5S. The van der Waals surface area contributed by atoms with Crippen LogP contribution in [0.2, 0.25) is 0 Å². The highest BCUT2D eigenvalue weighted by molar-refractivity contribution is 14.0. The van der Waals surface area contributed by atoms with E-state index in [2.05, 4.69) is 81.3 Å². The summed E-state index contributed by atoms with van der Waals surface area (Å²) in [6, 6.07) is 13.4. The fourth-order valence-electron chi connectivity index (χ4n) is 3.46. The van der Waals surface area contributed by atoms with Gasteiger partial charge in [0.2, 0.25) is 0 Å². The van der Waals surface area contributed by atoms with Crippen molar-refractivity contribution in [2.24, 2.45) is 4.99 Å². The Morgan fingerprint density at radius 2 is 1.86 bits per heavy atom. The Morgan fingerprint density at radius 1 is 1.14 bits per heavy atom. The third kappa shape index (κ3) is 6.35. The molecule has 5 nitrogen and oxygen atoms in total. The largest absolute Gasteiger partial charge is 0.378 e. The van der Waals surface area contributed by atoms with Gasteiger partial charge in [-0.2, -0.15) is 0 Å². The summed E-state index contributed by atoms with van der Waals surface area (Å²) < 4.78 is 0. The van der Waals surface area contributed by atoms with Crippen LogP contribution in [0.15, 0.2) is 46.8 Å². The zero-order chi connectivity index (χ0) is 19.1. The number of likely N-dealkylation sites (tertiary alicyclic amines) is 1. The summed E-state index contributed by atoms with van der Waals surface area (Å²) in [5.41, 5.74) is 2.46. The molecular weight excluding hydrogens is 481 g/mol. The quantitative estimate of drug-likeness (QED) is 0.335. The van der Waals surface area contributed by atoms with Crippen molar-refractivity contribution in [1.29, 1.82) is 0 Å². The summed E-state index contributed by atoms with van der Waals surface area (Å²) in [4.78, 5) is 10.5. The van der Waals surface area contributed by atoms with Crippen LogP contribution in [-0.4, -0.2) is 51.6 Å². The summed E-state index contributed by atoms with van der Waals surface area (Å²) in [6.45, 7) is 4.02. The van der Waals surface area contributed by atoms with Crippen LogP contribution in [0.1, 0.15) is 29.3 Å². The maximum absolute atomic E-state index is 4.40. The van der Waals surface area contributed by atoms with Crippen molar-refractivity contribution in [1.82, 2.24) is 15.5 Å². The number of aliphatic imine (C=N–C) groups is 1. The number of hydrogen-bond donors (Lipinski definition) is 2. The predicted octanol–water partition coefficient (Wildman–Crippen LogP) is 3.93. The number of benzene rings is 1. The Kier molecular flexibility index (Phi) is 9.53. The van der Waals surface area contributed by atoms with Gasteiger partial charge in [-0.25, -0.2) is 0 Å². The average molecular weight is 513 g/mol. The lowest BCUT2D eigenvalue weighted by Gasteiger charge is -2.27. The molecule has 1 aliphatic heterocycles. The second kappa shape index (κ2) is 11.6. The first-order valence-electron chi connectivity index (χ1n) is 9.65. The van der Waals surface area contributed by atoms with Crippen LogP contribution < -0.4 is 15.5 Å². The van der Waals surface area contributed by atoms with Crippen molar-refractivity contribution in [3.05, 3.63) is 52.2 Å². The molecule has 154 valence electrons. The molecule has 0 bridgehead atoms. The molecule has 1 unspecified atom stereocenters. The average Bonchev–Trinajstić information content (AvgIpc) is 3.39. The molecule has 2 aromatic rings. The van der Waals surface area contributed by atoms with Crippen molar-refractivity contribution in [2.75, 3.05) is 45.7 Å². The minimum absolute atomic E-state index is 0. The van der Waals surface area contributed by atoms with E-state index >= 15 is 0 Å². The van der Waals surface area contributed by atoms with Crippen LogP contribution in [0.4, 0.5) is 5.69 Å². The zero-order valence-electron chi connectivity index (χ0n) is 17.0. The lowest BCUT2D eigenvalue weighted by molar-refractivity contribution is 0.249. The van der Waals surface area contributed by atoms with E-state index in [0.717, 1.165) is 19.0 Å². The Balaban J connectivity index is 0.00000280. The van der Waals surface area contributed by atoms with Crippen LogP contribution in [-0.2, 0) is 6.54 Å². The molecule has 0 amide bonds. The lowest BCUT2D eigenvalue weighted by atomic mass is 10.2. The van der Waals surface area contributed by atoms with Gasteiger partial charge in [0, 0.05) is 44.8 Å². The third-order valence-electron chi connectivity index (χ3n) is 5.05. The standard InChI is InChI=1S/C21H31N5S.HI/c1-22-21(23-15-17-8-10-18(11-9-17)25(2)3)24-16-19(20-7-6-14-27-20)26-12-4-5-13-26;/h6-11,14,19H,4-5,12-13,15-16H2,1-3H3,(H2,22,23,24);1H. The molecule has 1 aliphatic rings. The minimum Gasteiger partial charge on any atom is -0.378 e. The van der Waals surface area contributed by atoms with Crippen molar-refractivity contribution in [3.8, 4) is 0 Å². The maximum Gasteiger partial charge on any atom is 0.191 e. The second-order valence-electron chi connectivity index (χ2n) is 7.14. The number of guanidine groups is 1. The molecule has 0 aliphatic carbocycles. The number of nitrogens with zero attached hydrogens (tertiary/aromatic N) is 3. The number of halogens is 1. The highest BCUT2D eigenvalue weighted by Gasteiger charge is 2.24. The van der Waals surface area contributed by atoms with E-state index in [9.17, 15) is 0 Å². The van der Waals surface area contributed by atoms with Crippen molar-refractivity contribution < 1.29 is 0 Å². The molecule has 1 aromatic heterocycles. The molecule has 1 atom stereocenters. The van der Waals surface area contributed by atoms with Crippen molar-refractivity contribution in [2.45, 2.75) is 25.4 Å². The Morgan fingerprint density at radius 3 is 2.43 bits per heavy atom. The summed E-state index contributed by atoms with van der Waals surface area (Å²) in [6.07, 6.45) is 2.61. The second-order valence-corrected chi connectivity index (χ2v) is 8.12. The van der Waals surface area contributed by atoms with E-state index in [-0.39, 0.29) is 24.0 Å². The molecule has 0 saturated carbocycles. The van der Waals surface area contributed by atoms with Crippen molar-refractivity contribution in [3.63, 3.8) is 0 Å². The number of rotatable bonds is 7. The summed E-state index contributed by atoms with van der Waals surface area (Å²) >= 11 is 1.85. The molecule has 0 spiro atoms. The molecule has 2 heterocycles. The molecule has 1 aromatic carbocycles.